The van der Waals surface area contributed by atoms with E-state index in [1.54, 1.807) is 7.11 Å². The van der Waals surface area contributed by atoms with Crippen LogP contribution >= 0.6 is 0 Å². The summed E-state index contributed by atoms with van der Waals surface area (Å²) in [7, 11) is 3.71. The summed E-state index contributed by atoms with van der Waals surface area (Å²) in [4.78, 5) is 0. The van der Waals surface area contributed by atoms with Crippen LogP contribution in [-0.2, 0) is 14.2 Å². The van der Waals surface area contributed by atoms with Crippen LogP contribution in [0.3, 0.4) is 0 Å². The normalized spacial score (nSPS) is 25.2. The summed E-state index contributed by atoms with van der Waals surface area (Å²) in [5.41, 5.74) is 0. The number of ether oxygens (including phenoxy) is 3. The second kappa shape index (κ2) is 8.05. The van der Waals surface area contributed by atoms with Gasteiger partial charge in [-0.1, -0.05) is 0 Å². The summed E-state index contributed by atoms with van der Waals surface area (Å²) in [5.74, 6) is 0. The van der Waals surface area contributed by atoms with Crippen LogP contribution in [0, 0.1) is 0 Å². The monoisotopic (exact) mass is 217 g/mol. The second-order valence-electron chi connectivity index (χ2n) is 3.91. The topological polar surface area (TPSA) is 39.7 Å². The van der Waals surface area contributed by atoms with Crippen LogP contribution in [-0.4, -0.2) is 52.7 Å². The van der Waals surface area contributed by atoms with Gasteiger partial charge in [0, 0.05) is 26.4 Å². The van der Waals surface area contributed by atoms with Crippen molar-refractivity contribution in [3.8, 4) is 0 Å². The van der Waals surface area contributed by atoms with Gasteiger partial charge in [0.05, 0.1) is 19.3 Å². The average Bonchev–Trinajstić information content (AvgIpc) is 2.19. The van der Waals surface area contributed by atoms with E-state index in [0.717, 1.165) is 32.5 Å². The predicted octanol–water partition coefficient (Wildman–Crippen LogP) is 0.806. The van der Waals surface area contributed by atoms with Gasteiger partial charge in [-0.05, 0) is 26.3 Å². The molecule has 0 bridgehead atoms. The van der Waals surface area contributed by atoms with Crippen molar-refractivity contribution in [2.75, 3.05) is 40.6 Å². The number of rotatable bonds is 9. The lowest BCUT2D eigenvalue weighted by Gasteiger charge is -2.34. The van der Waals surface area contributed by atoms with Crippen molar-refractivity contribution in [1.29, 1.82) is 0 Å². The fourth-order valence-electron chi connectivity index (χ4n) is 1.62. The number of nitrogens with one attached hydrogen (secondary N) is 1. The van der Waals surface area contributed by atoms with Gasteiger partial charge in [-0.3, -0.25) is 0 Å². The average molecular weight is 217 g/mol. The first-order chi connectivity index (χ1) is 7.36. The molecule has 0 radical (unpaired) electrons. The SMILES string of the molecule is CNC1CC(OCCOCCCOC)C1. The standard InChI is InChI=1S/C11H23NO3/c1-12-10-8-11(9-10)15-7-6-14-5-3-4-13-2/h10-12H,3-9H2,1-2H3. The van der Waals surface area contributed by atoms with Crippen molar-refractivity contribution in [2.24, 2.45) is 0 Å². The molecule has 0 saturated heterocycles. The van der Waals surface area contributed by atoms with Crippen molar-refractivity contribution in [2.45, 2.75) is 31.4 Å². The maximum absolute atomic E-state index is 5.62. The van der Waals surface area contributed by atoms with Crippen LogP contribution in [0.2, 0.25) is 0 Å². The van der Waals surface area contributed by atoms with E-state index in [4.69, 9.17) is 14.2 Å². The predicted molar refractivity (Wildman–Crippen MR) is 59.1 cm³/mol. The molecule has 1 fully saturated rings. The van der Waals surface area contributed by atoms with E-state index < -0.39 is 0 Å². The Kier molecular flexibility index (Phi) is 6.92. The van der Waals surface area contributed by atoms with Gasteiger partial charge in [-0.2, -0.15) is 0 Å². The molecular formula is C11H23NO3. The van der Waals surface area contributed by atoms with E-state index in [9.17, 15) is 0 Å². The van der Waals surface area contributed by atoms with Crippen LogP contribution in [0.15, 0.2) is 0 Å². The van der Waals surface area contributed by atoms with Crippen molar-refractivity contribution in [1.82, 2.24) is 5.32 Å². The smallest absolute Gasteiger partial charge is 0.0704 e. The first-order valence-corrected chi connectivity index (χ1v) is 5.72. The molecule has 1 aliphatic carbocycles. The molecule has 0 atom stereocenters. The first kappa shape index (κ1) is 12.9. The minimum absolute atomic E-state index is 0.449. The molecule has 1 saturated carbocycles. The number of methoxy groups -OCH3 is 1. The van der Waals surface area contributed by atoms with Crippen molar-refractivity contribution in [3.05, 3.63) is 0 Å². The molecule has 0 aromatic heterocycles. The van der Waals surface area contributed by atoms with Crippen LogP contribution in [0.1, 0.15) is 19.3 Å². The third kappa shape index (κ3) is 5.47. The maximum atomic E-state index is 5.62. The van der Waals surface area contributed by atoms with Gasteiger partial charge < -0.3 is 19.5 Å². The van der Waals surface area contributed by atoms with E-state index in [0.29, 0.717) is 25.4 Å². The van der Waals surface area contributed by atoms with Gasteiger partial charge in [0.15, 0.2) is 0 Å². The molecule has 0 aromatic rings. The molecule has 1 aliphatic rings. The quantitative estimate of drug-likeness (QED) is 0.580. The van der Waals surface area contributed by atoms with Gasteiger partial charge in [0.2, 0.25) is 0 Å². The highest BCUT2D eigenvalue weighted by molar-refractivity contribution is 4.84. The summed E-state index contributed by atoms with van der Waals surface area (Å²) >= 11 is 0. The molecule has 90 valence electrons. The molecule has 0 spiro atoms. The number of hydrogen-bond acceptors (Lipinski definition) is 4. The zero-order chi connectivity index (χ0) is 10.9. The molecule has 0 aliphatic heterocycles. The van der Waals surface area contributed by atoms with E-state index in [-0.39, 0.29) is 0 Å². The van der Waals surface area contributed by atoms with Gasteiger partial charge in [0.1, 0.15) is 0 Å². The minimum atomic E-state index is 0.449. The molecule has 0 heterocycles. The van der Waals surface area contributed by atoms with E-state index in [1.807, 2.05) is 7.05 Å². The highest BCUT2D eigenvalue weighted by atomic mass is 16.5. The minimum Gasteiger partial charge on any atom is -0.385 e. The fraction of sp³-hybridized carbons (Fsp3) is 1.00. The Bertz CT molecular complexity index is 149. The second-order valence-corrected chi connectivity index (χ2v) is 3.91. The third-order valence-corrected chi connectivity index (χ3v) is 2.72. The lowest BCUT2D eigenvalue weighted by molar-refractivity contribution is -0.0420. The molecule has 0 aromatic carbocycles. The van der Waals surface area contributed by atoms with E-state index in [1.165, 1.54) is 0 Å². The maximum Gasteiger partial charge on any atom is 0.0704 e. The Labute approximate surface area is 92.3 Å². The van der Waals surface area contributed by atoms with E-state index in [2.05, 4.69) is 5.32 Å². The summed E-state index contributed by atoms with van der Waals surface area (Å²) in [5, 5.41) is 3.23. The third-order valence-electron chi connectivity index (χ3n) is 2.72. The highest BCUT2D eigenvalue weighted by Crippen LogP contribution is 2.22. The lowest BCUT2D eigenvalue weighted by atomic mass is 9.89. The molecular weight excluding hydrogens is 194 g/mol. The Morgan fingerprint density at radius 1 is 1.13 bits per heavy atom. The first-order valence-electron chi connectivity index (χ1n) is 5.72. The fourth-order valence-corrected chi connectivity index (χ4v) is 1.62. The van der Waals surface area contributed by atoms with Crippen LogP contribution in [0.4, 0.5) is 0 Å². The van der Waals surface area contributed by atoms with Crippen LogP contribution in [0.25, 0.3) is 0 Å². The van der Waals surface area contributed by atoms with Crippen LogP contribution in [0.5, 0.6) is 0 Å². The van der Waals surface area contributed by atoms with Gasteiger partial charge in [0.25, 0.3) is 0 Å². The molecule has 1 rings (SSSR count). The summed E-state index contributed by atoms with van der Waals surface area (Å²) < 4.78 is 15.9. The van der Waals surface area contributed by atoms with Crippen molar-refractivity contribution >= 4 is 0 Å². The molecule has 1 N–H and O–H groups in total. The Hall–Kier alpha value is -0.160. The molecule has 4 heteroatoms. The lowest BCUT2D eigenvalue weighted by Crippen LogP contribution is -2.44. The summed E-state index contributed by atoms with van der Waals surface area (Å²) in [6.07, 6.45) is 3.69. The number of hydrogen-bond donors (Lipinski definition) is 1. The van der Waals surface area contributed by atoms with Gasteiger partial charge in [-0.15, -0.1) is 0 Å². The molecule has 15 heavy (non-hydrogen) atoms. The molecule has 4 nitrogen and oxygen atoms in total. The van der Waals surface area contributed by atoms with Gasteiger partial charge >= 0.3 is 0 Å². The zero-order valence-electron chi connectivity index (χ0n) is 9.83. The Balaban J connectivity index is 1.74. The summed E-state index contributed by atoms with van der Waals surface area (Å²) in [6.45, 7) is 2.95. The zero-order valence-corrected chi connectivity index (χ0v) is 9.83. The van der Waals surface area contributed by atoms with Crippen LogP contribution < -0.4 is 5.32 Å². The Morgan fingerprint density at radius 3 is 2.60 bits per heavy atom. The molecule has 0 amide bonds. The summed E-state index contributed by atoms with van der Waals surface area (Å²) in [6, 6.07) is 0.664. The Morgan fingerprint density at radius 2 is 1.93 bits per heavy atom. The molecule has 0 unspecified atom stereocenters. The highest BCUT2D eigenvalue weighted by Gasteiger charge is 2.27. The van der Waals surface area contributed by atoms with Crippen molar-refractivity contribution in [3.63, 3.8) is 0 Å². The van der Waals surface area contributed by atoms with Crippen molar-refractivity contribution < 1.29 is 14.2 Å². The largest absolute Gasteiger partial charge is 0.385 e. The van der Waals surface area contributed by atoms with E-state index >= 15 is 0 Å². The van der Waals surface area contributed by atoms with Gasteiger partial charge in [-0.25, -0.2) is 0 Å².